The van der Waals surface area contributed by atoms with Crippen LogP contribution in [0.3, 0.4) is 0 Å². The summed E-state index contributed by atoms with van der Waals surface area (Å²) >= 11 is 6.24. The second-order valence-corrected chi connectivity index (χ2v) is 11.2. The highest BCUT2D eigenvalue weighted by Gasteiger charge is 2.24. The van der Waals surface area contributed by atoms with E-state index in [2.05, 4.69) is 31.1 Å². The lowest BCUT2D eigenvalue weighted by molar-refractivity contribution is -0.144. The molecule has 46 heavy (non-hydrogen) atoms. The highest BCUT2D eigenvalue weighted by molar-refractivity contribution is 6.30. The third-order valence-corrected chi connectivity index (χ3v) is 7.82. The Balaban J connectivity index is 1.45. The van der Waals surface area contributed by atoms with E-state index in [4.69, 9.17) is 21.1 Å². The van der Waals surface area contributed by atoms with Gasteiger partial charge in [-0.25, -0.2) is 4.79 Å². The Morgan fingerprint density at radius 1 is 1.11 bits per heavy atom. The maximum Gasteiger partial charge on any atom is 0.328 e. The third kappa shape index (κ3) is 8.13. The van der Waals surface area contributed by atoms with Gasteiger partial charge in [0.1, 0.15) is 12.4 Å². The number of carbonyl (C=O) groups excluding carboxylic acids is 3. The fourth-order valence-corrected chi connectivity index (χ4v) is 5.51. The predicted molar refractivity (Wildman–Crippen MR) is 172 cm³/mol. The number of aromatic nitrogens is 5. The van der Waals surface area contributed by atoms with Crippen LogP contribution in [0, 0.1) is 0 Å². The first kappa shape index (κ1) is 32.3. The molecule has 0 spiro atoms. The topological polar surface area (TPSA) is 150 Å². The average molecular weight is 644 g/mol. The highest BCUT2D eigenvalue weighted by atomic mass is 35.5. The van der Waals surface area contributed by atoms with Crippen molar-refractivity contribution >= 4 is 41.2 Å². The number of anilines is 1. The van der Waals surface area contributed by atoms with Gasteiger partial charge in [0.05, 0.1) is 31.9 Å². The number of nitrogens with one attached hydrogen (secondary N) is 2. The van der Waals surface area contributed by atoms with Crippen LogP contribution >= 0.6 is 11.6 Å². The van der Waals surface area contributed by atoms with Crippen molar-refractivity contribution in [1.82, 2.24) is 30.5 Å². The molecule has 13 heteroatoms. The zero-order valence-electron chi connectivity index (χ0n) is 25.5. The van der Waals surface area contributed by atoms with Crippen molar-refractivity contribution in [3.05, 3.63) is 89.0 Å². The summed E-state index contributed by atoms with van der Waals surface area (Å²) in [6.07, 6.45) is 10.7. The van der Waals surface area contributed by atoms with Crippen LogP contribution in [-0.4, -0.2) is 62.8 Å². The number of carbonyl (C=O) groups is 3. The Morgan fingerprint density at radius 2 is 1.96 bits per heavy atom. The molecule has 1 aliphatic rings. The van der Waals surface area contributed by atoms with Gasteiger partial charge < -0.3 is 20.1 Å². The van der Waals surface area contributed by atoms with Gasteiger partial charge in [-0.15, -0.1) is 5.10 Å². The maximum absolute atomic E-state index is 13.3. The smallest absolute Gasteiger partial charge is 0.328 e. The normalized spacial score (nSPS) is 16.3. The third-order valence-electron chi connectivity index (χ3n) is 7.59. The SMILES string of the molecule is CCOC(=O)[C@H]1CCCC[C@H](NC(=O)/C=C/c2cc(Cl)ccc2-n2cnnn2)c2cncc(c2)-c2ccc(CC(=O)OC)cc2N1. The first-order valence-corrected chi connectivity index (χ1v) is 15.3. The number of nitrogens with zero attached hydrogens (tertiary/aromatic N) is 5. The lowest BCUT2D eigenvalue weighted by Gasteiger charge is -2.24. The molecule has 0 fully saturated rings. The van der Waals surface area contributed by atoms with Gasteiger partial charge in [0, 0.05) is 45.9 Å². The van der Waals surface area contributed by atoms with Gasteiger partial charge in [-0.1, -0.05) is 36.6 Å². The van der Waals surface area contributed by atoms with Crippen LogP contribution in [0.5, 0.6) is 0 Å². The predicted octanol–water partition coefficient (Wildman–Crippen LogP) is 4.88. The second kappa shape index (κ2) is 15.3. The molecule has 0 unspecified atom stereocenters. The molecule has 0 saturated carbocycles. The van der Waals surface area contributed by atoms with Crippen molar-refractivity contribution in [1.29, 1.82) is 0 Å². The Kier molecular flexibility index (Phi) is 10.7. The number of benzene rings is 2. The number of fused-ring (bicyclic) bond motifs is 4. The van der Waals surface area contributed by atoms with Crippen LogP contribution in [0.15, 0.2) is 67.3 Å². The highest BCUT2D eigenvalue weighted by Crippen LogP contribution is 2.33. The number of ether oxygens (including phenoxy) is 2. The van der Waals surface area contributed by atoms with Crippen molar-refractivity contribution in [3.8, 4) is 16.8 Å². The molecule has 4 aromatic rings. The van der Waals surface area contributed by atoms with Crippen LogP contribution in [0.1, 0.15) is 55.3 Å². The van der Waals surface area contributed by atoms with Crippen LogP contribution in [0.4, 0.5) is 5.69 Å². The number of hydrogen-bond acceptors (Lipinski definition) is 10. The number of hydrogen-bond donors (Lipinski definition) is 2. The zero-order valence-corrected chi connectivity index (χ0v) is 26.2. The molecule has 3 heterocycles. The number of esters is 2. The molecule has 1 amide bonds. The molecule has 0 aliphatic carbocycles. The maximum atomic E-state index is 13.3. The summed E-state index contributed by atoms with van der Waals surface area (Å²) in [7, 11) is 1.35. The van der Waals surface area contributed by atoms with Crippen molar-refractivity contribution in [2.45, 2.75) is 51.1 Å². The standard InChI is InChI=1S/C33H34ClN7O5/c1-3-46-33(44)28-7-5-4-6-27(38-31(42)13-9-22-17-25(34)10-12-30(22)41-20-36-39-40-41)24-16-23(18-35-19-24)26-11-8-21(14-29(26)37-28)15-32(43)45-2/h8-14,16-20,27-28,37H,3-7,15H2,1-2H3,(H,38,42)/b13-9+/t27-,28+/m0/s1. The van der Waals surface area contributed by atoms with E-state index in [1.54, 1.807) is 43.6 Å². The zero-order chi connectivity index (χ0) is 32.5. The quantitative estimate of drug-likeness (QED) is 0.201. The van der Waals surface area contributed by atoms with Crippen molar-refractivity contribution < 1.29 is 23.9 Å². The molecular formula is C33H34ClN7O5. The number of rotatable bonds is 8. The summed E-state index contributed by atoms with van der Waals surface area (Å²) in [4.78, 5) is 42.8. The monoisotopic (exact) mass is 643 g/mol. The number of pyridine rings is 1. The molecule has 2 atom stereocenters. The summed E-state index contributed by atoms with van der Waals surface area (Å²) in [5.74, 6) is -1.02. The first-order chi connectivity index (χ1) is 22.3. The molecule has 1 aliphatic heterocycles. The van der Waals surface area contributed by atoms with Gasteiger partial charge in [0.25, 0.3) is 0 Å². The fourth-order valence-electron chi connectivity index (χ4n) is 5.33. The minimum Gasteiger partial charge on any atom is -0.469 e. The molecule has 12 nitrogen and oxygen atoms in total. The van der Waals surface area contributed by atoms with Crippen LogP contribution in [0.2, 0.25) is 5.02 Å². The molecule has 2 aromatic carbocycles. The Bertz CT molecular complexity index is 1730. The van der Waals surface area contributed by atoms with Crippen molar-refractivity contribution in [2.24, 2.45) is 0 Å². The summed E-state index contributed by atoms with van der Waals surface area (Å²) in [6.45, 7) is 2.03. The molecule has 238 valence electrons. The van der Waals surface area contributed by atoms with Gasteiger partial charge in [-0.05, 0) is 77.7 Å². The minimum absolute atomic E-state index is 0.0852. The van der Waals surface area contributed by atoms with Gasteiger partial charge in [-0.3, -0.25) is 14.6 Å². The number of methoxy groups -OCH3 is 1. The van der Waals surface area contributed by atoms with Crippen molar-refractivity contribution in [3.63, 3.8) is 0 Å². The molecule has 2 N–H and O–H groups in total. The van der Waals surface area contributed by atoms with Crippen LogP contribution in [0.25, 0.3) is 22.9 Å². The Hall–Kier alpha value is -5.10. The van der Waals surface area contributed by atoms with E-state index in [9.17, 15) is 14.4 Å². The van der Waals surface area contributed by atoms with E-state index >= 15 is 0 Å². The van der Waals surface area contributed by atoms with Gasteiger partial charge >= 0.3 is 11.9 Å². The van der Waals surface area contributed by atoms with E-state index in [0.717, 1.165) is 28.7 Å². The molecule has 5 rings (SSSR count). The second-order valence-electron chi connectivity index (χ2n) is 10.7. The first-order valence-electron chi connectivity index (χ1n) is 14.9. The number of tetrazole rings is 1. The molecule has 0 radical (unpaired) electrons. The van der Waals surface area contributed by atoms with E-state index in [1.807, 2.05) is 24.3 Å². The van der Waals surface area contributed by atoms with Gasteiger partial charge in [0.15, 0.2) is 0 Å². The summed E-state index contributed by atoms with van der Waals surface area (Å²) in [5.41, 5.74) is 5.15. The summed E-state index contributed by atoms with van der Waals surface area (Å²) in [6, 6.07) is 11.8. The van der Waals surface area contributed by atoms with Crippen LogP contribution in [-0.2, 0) is 30.3 Å². The van der Waals surface area contributed by atoms with E-state index in [-0.39, 0.29) is 36.9 Å². The average Bonchev–Trinajstić information content (AvgIpc) is 3.59. The van der Waals surface area contributed by atoms with Crippen LogP contribution < -0.4 is 10.6 Å². The minimum atomic E-state index is -0.606. The van der Waals surface area contributed by atoms with Gasteiger partial charge in [0.2, 0.25) is 5.91 Å². The van der Waals surface area contributed by atoms with Crippen molar-refractivity contribution in [2.75, 3.05) is 19.0 Å². The fraction of sp³-hybridized carbons (Fsp3) is 0.303. The molecular weight excluding hydrogens is 610 g/mol. The summed E-state index contributed by atoms with van der Waals surface area (Å²) in [5, 5.41) is 18.3. The van der Waals surface area contributed by atoms with E-state index in [1.165, 1.54) is 24.2 Å². The van der Waals surface area contributed by atoms with Gasteiger partial charge in [-0.2, -0.15) is 4.68 Å². The van der Waals surface area contributed by atoms with E-state index < -0.39 is 6.04 Å². The Labute approximate surface area is 271 Å². The molecule has 2 bridgehead atoms. The number of halogens is 1. The number of amides is 1. The van der Waals surface area contributed by atoms with E-state index in [0.29, 0.717) is 41.2 Å². The molecule has 0 saturated heterocycles. The molecule has 2 aromatic heterocycles. The largest absolute Gasteiger partial charge is 0.469 e. The lowest BCUT2D eigenvalue weighted by atomic mass is 9.94. The Morgan fingerprint density at radius 3 is 2.74 bits per heavy atom. The lowest BCUT2D eigenvalue weighted by Crippen LogP contribution is -2.32. The summed E-state index contributed by atoms with van der Waals surface area (Å²) < 4.78 is 11.7.